The normalized spacial score (nSPS) is 55.2. The molecule has 2 N–H and O–H groups in total. The predicted molar refractivity (Wildman–Crippen MR) is 91.5 cm³/mol. The maximum atomic E-state index is 11.0. The lowest BCUT2D eigenvalue weighted by Crippen LogP contribution is -2.54. The first kappa shape index (κ1) is 15.7. The lowest BCUT2D eigenvalue weighted by molar-refractivity contribution is -0.0969. The van der Waals surface area contributed by atoms with Gasteiger partial charge in [-0.2, -0.15) is 0 Å². The summed E-state index contributed by atoms with van der Waals surface area (Å²) in [6.07, 6.45) is 16.1. The molecule has 0 aromatic carbocycles. The molecular formula is C21H30O2. The smallest absolute Gasteiger partial charge is 0.130 e. The third-order valence-corrected chi connectivity index (χ3v) is 8.47. The van der Waals surface area contributed by atoms with Gasteiger partial charge in [0.2, 0.25) is 0 Å². The SMILES string of the molecule is C#C[C@]1(O)CC[C@@H]2[C@H]3CC=C4C[C@@H](O)CC[C@]4(C)[C@@H]3CC[C@]21C. The fraction of sp³-hybridized carbons (Fsp3) is 0.810. The van der Waals surface area contributed by atoms with Crippen molar-refractivity contribution in [3.63, 3.8) is 0 Å². The van der Waals surface area contributed by atoms with Crippen LogP contribution in [0.25, 0.3) is 0 Å². The minimum Gasteiger partial charge on any atom is -0.393 e. The lowest BCUT2D eigenvalue weighted by atomic mass is 9.47. The highest BCUT2D eigenvalue weighted by Crippen LogP contribution is 2.66. The molecule has 23 heavy (non-hydrogen) atoms. The van der Waals surface area contributed by atoms with Crippen molar-refractivity contribution in [2.45, 2.75) is 76.9 Å². The molecule has 0 heterocycles. The second kappa shape index (κ2) is 4.87. The van der Waals surface area contributed by atoms with Gasteiger partial charge < -0.3 is 10.2 Å². The van der Waals surface area contributed by atoms with Crippen molar-refractivity contribution < 1.29 is 10.2 Å². The number of rotatable bonds is 0. The first-order valence-electron chi connectivity index (χ1n) is 9.42. The van der Waals surface area contributed by atoms with Gasteiger partial charge in [0, 0.05) is 5.41 Å². The van der Waals surface area contributed by atoms with E-state index in [1.165, 1.54) is 12.0 Å². The summed E-state index contributed by atoms with van der Waals surface area (Å²) in [4.78, 5) is 0. The van der Waals surface area contributed by atoms with E-state index in [-0.39, 0.29) is 16.9 Å². The number of hydrogen-bond acceptors (Lipinski definition) is 2. The van der Waals surface area contributed by atoms with Gasteiger partial charge in [0.1, 0.15) is 5.60 Å². The van der Waals surface area contributed by atoms with Crippen LogP contribution in [0.4, 0.5) is 0 Å². The summed E-state index contributed by atoms with van der Waals surface area (Å²) in [5.74, 6) is 4.65. The topological polar surface area (TPSA) is 40.5 Å². The van der Waals surface area contributed by atoms with Gasteiger partial charge >= 0.3 is 0 Å². The van der Waals surface area contributed by atoms with Gasteiger partial charge in [-0.05, 0) is 74.5 Å². The molecule has 0 saturated heterocycles. The summed E-state index contributed by atoms with van der Waals surface area (Å²) in [6, 6.07) is 0. The van der Waals surface area contributed by atoms with E-state index < -0.39 is 5.60 Å². The van der Waals surface area contributed by atoms with Crippen LogP contribution in [0, 0.1) is 40.9 Å². The highest BCUT2D eigenvalue weighted by atomic mass is 16.3. The summed E-state index contributed by atoms with van der Waals surface area (Å²) >= 11 is 0. The Morgan fingerprint density at radius 3 is 2.61 bits per heavy atom. The molecule has 0 spiro atoms. The molecule has 7 atom stereocenters. The van der Waals surface area contributed by atoms with E-state index in [1.807, 2.05) is 0 Å². The lowest BCUT2D eigenvalue weighted by Gasteiger charge is -2.58. The molecule has 0 aromatic heterocycles. The van der Waals surface area contributed by atoms with Crippen LogP contribution in [0.5, 0.6) is 0 Å². The molecule has 3 fully saturated rings. The summed E-state index contributed by atoms with van der Waals surface area (Å²) in [6.45, 7) is 4.68. The molecule has 2 nitrogen and oxygen atoms in total. The van der Waals surface area contributed by atoms with Gasteiger partial charge in [-0.1, -0.05) is 31.4 Å². The Hall–Kier alpha value is -0.780. The van der Waals surface area contributed by atoms with Gasteiger partial charge in [0.15, 0.2) is 0 Å². The molecule has 126 valence electrons. The Morgan fingerprint density at radius 2 is 1.87 bits per heavy atom. The molecule has 0 aromatic rings. The van der Waals surface area contributed by atoms with Crippen LogP contribution in [-0.4, -0.2) is 21.9 Å². The Bertz CT molecular complexity index is 587. The zero-order valence-electron chi connectivity index (χ0n) is 14.5. The number of fused-ring (bicyclic) bond motifs is 5. The maximum absolute atomic E-state index is 11.0. The van der Waals surface area contributed by atoms with E-state index in [9.17, 15) is 10.2 Å². The number of aliphatic hydroxyl groups excluding tert-OH is 1. The molecule has 3 saturated carbocycles. The van der Waals surface area contributed by atoms with Crippen molar-refractivity contribution in [2.24, 2.45) is 28.6 Å². The van der Waals surface area contributed by atoms with Crippen LogP contribution in [-0.2, 0) is 0 Å². The summed E-state index contributed by atoms with van der Waals surface area (Å²) in [5, 5.41) is 21.0. The minimum atomic E-state index is -0.906. The average Bonchev–Trinajstić information content (AvgIpc) is 2.80. The highest BCUT2D eigenvalue weighted by molar-refractivity contribution is 5.28. The maximum Gasteiger partial charge on any atom is 0.130 e. The zero-order chi connectivity index (χ0) is 16.5. The van der Waals surface area contributed by atoms with Crippen LogP contribution in [0.1, 0.15) is 65.2 Å². The van der Waals surface area contributed by atoms with Crippen molar-refractivity contribution >= 4 is 0 Å². The van der Waals surface area contributed by atoms with Crippen molar-refractivity contribution in [2.75, 3.05) is 0 Å². The fourth-order valence-electron chi connectivity index (χ4n) is 6.89. The van der Waals surface area contributed by atoms with Gasteiger partial charge in [-0.15, -0.1) is 6.42 Å². The van der Waals surface area contributed by atoms with Crippen LogP contribution in [0.2, 0.25) is 0 Å². The molecule has 2 heteroatoms. The van der Waals surface area contributed by atoms with Gasteiger partial charge in [0.25, 0.3) is 0 Å². The number of aliphatic hydroxyl groups is 2. The monoisotopic (exact) mass is 314 g/mol. The second-order valence-electron chi connectivity index (χ2n) is 9.16. The van der Waals surface area contributed by atoms with E-state index in [0.717, 1.165) is 44.9 Å². The third-order valence-electron chi connectivity index (χ3n) is 8.47. The predicted octanol–water partition coefficient (Wildman–Crippen LogP) is 3.67. The van der Waals surface area contributed by atoms with E-state index in [0.29, 0.717) is 17.8 Å². The molecule has 0 aliphatic heterocycles. The standard InChI is InChI=1S/C21H30O2/c1-4-21(23)12-9-18-16-6-5-14-13-15(22)7-10-19(14,2)17(16)8-11-20(18,21)3/h1,5,15-18,22-23H,6-13H2,2-3H3/t15-,16-,17+,18+,19-,20+,21-/m0/s1. The van der Waals surface area contributed by atoms with Gasteiger partial charge in [-0.3, -0.25) is 0 Å². The average molecular weight is 314 g/mol. The second-order valence-corrected chi connectivity index (χ2v) is 9.16. The molecule has 0 unspecified atom stereocenters. The summed E-state index contributed by atoms with van der Waals surface area (Å²) in [7, 11) is 0. The van der Waals surface area contributed by atoms with Crippen molar-refractivity contribution in [1.82, 2.24) is 0 Å². The van der Waals surface area contributed by atoms with Crippen LogP contribution >= 0.6 is 0 Å². The molecule has 0 bridgehead atoms. The Labute approximate surface area is 140 Å². The van der Waals surface area contributed by atoms with Crippen LogP contribution < -0.4 is 0 Å². The molecule has 4 rings (SSSR count). The molecular weight excluding hydrogens is 284 g/mol. The first-order chi connectivity index (χ1) is 10.8. The van der Waals surface area contributed by atoms with E-state index in [4.69, 9.17) is 6.42 Å². The van der Waals surface area contributed by atoms with Gasteiger partial charge in [-0.25, -0.2) is 0 Å². The quantitative estimate of drug-likeness (QED) is 0.529. The summed E-state index contributed by atoms with van der Waals surface area (Å²) < 4.78 is 0. The van der Waals surface area contributed by atoms with Crippen LogP contribution in [0.15, 0.2) is 11.6 Å². The Balaban J connectivity index is 1.69. The molecule has 4 aliphatic rings. The first-order valence-corrected chi connectivity index (χ1v) is 9.42. The highest BCUT2D eigenvalue weighted by Gasteiger charge is 2.63. The number of allylic oxidation sites excluding steroid dienone is 1. The molecule has 4 aliphatic carbocycles. The molecule has 0 amide bonds. The number of terminal acetylenes is 1. The Morgan fingerprint density at radius 1 is 1.13 bits per heavy atom. The van der Waals surface area contributed by atoms with Gasteiger partial charge in [0.05, 0.1) is 6.10 Å². The fourth-order valence-corrected chi connectivity index (χ4v) is 6.89. The minimum absolute atomic E-state index is 0.112. The van der Waals surface area contributed by atoms with E-state index in [1.54, 1.807) is 0 Å². The molecule has 0 radical (unpaired) electrons. The third kappa shape index (κ3) is 1.90. The van der Waals surface area contributed by atoms with E-state index in [2.05, 4.69) is 25.8 Å². The van der Waals surface area contributed by atoms with Crippen LogP contribution in [0.3, 0.4) is 0 Å². The summed E-state index contributed by atoms with van der Waals surface area (Å²) in [5.41, 5.74) is 0.751. The van der Waals surface area contributed by atoms with Crippen molar-refractivity contribution in [3.05, 3.63) is 11.6 Å². The van der Waals surface area contributed by atoms with Crippen molar-refractivity contribution in [1.29, 1.82) is 0 Å². The largest absolute Gasteiger partial charge is 0.393 e. The van der Waals surface area contributed by atoms with E-state index >= 15 is 0 Å². The number of hydrogen-bond donors (Lipinski definition) is 2. The Kier molecular flexibility index (Phi) is 3.33. The van der Waals surface area contributed by atoms with Crippen molar-refractivity contribution in [3.8, 4) is 12.3 Å². The zero-order valence-corrected chi connectivity index (χ0v) is 14.5.